The van der Waals surface area contributed by atoms with Crippen LogP contribution in [0.3, 0.4) is 0 Å². The minimum atomic E-state index is -4.48. The molecule has 0 saturated carbocycles. The molecule has 0 aliphatic rings. The first kappa shape index (κ1) is 14.3. The van der Waals surface area contributed by atoms with Crippen molar-refractivity contribution in [3.8, 4) is 11.8 Å². The summed E-state index contributed by atoms with van der Waals surface area (Å²) < 4.78 is 42.6. The van der Waals surface area contributed by atoms with Gasteiger partial charge in [-0.25, -0.2) is 0 Å². The maximum Gasteiger partial charge on any atom is 0.416 e. The lowest BCUT2D eigenvalue weighted by Gasteiger charge is -2.10. The predicted octanol–water partition coefficient (Wildman–Crippen LogP) is 3.23. The van der Waals surface area contributed by atoms with Crippen molar-refractivity contribution in [3.63, 3.8) is 0 Å². The van der Waals surface area contributed by atoms with Crippen molar-refractivity contribution in [2.75, 3.05) is 5.73 Å². The number of ether oxygens (including phenoxy) is 1. The zero-order valence-corrected chi connectivity index (χ0v) is 10.8. The molecule has 0 atom stereocenters. The quantitative estimate of drug-likeness (QED) is 0.922. The van der Waals surface area contributed by atoms with Crippen LogP contribution in [0.5, 0.6) is 11.8 Å². The fraction of sp³-hybridized carbons (Fsp3) is 0.182. The van der Waals surface area contributed by atoms with Gasteiger partial charge in [-0.2, -0.15) is 28.1 Å². The highest BCUT2D eigenvalue weighted by molar-refractivity contribution is 6.32. The van der Waals surface area contributed by atoms with Gasteiger partial charge in [0.2, 0.25) is 5.95 Å². The van der Waals surface area contributed by atoms with Gasteiger partial charge < -0.3 is 10.5 Å². The zero-order chi connectivity index (χ0) is 14.9. The molecule has 0 bridgehead atoms. The Balaban J connectivity index is 2.30. The highest BCUT2D eigenvalue weighted by Crippen LogP contribution is 2.35. The summed E-state index contributed by atoms with van der Waals surface area (Å²) in [5.74, 6) is 0.246. The maximum atomic E-state index is 12.5. The summed E-state index contributed by atoms with van der Waals surface area (Å²) in [7, 11) is 0. The van der Waals surface area contributed by atoms with Gasteiger partial charge in [0.1, 0.15) is 11.6 Å². The fourth-order valence-electron chi connectivity index (χ4n) is 1.38. The fourth-order valence-corrected chi connectivity index (χ4v) is 1.60. The summed E-state index contributed by atoms with van der Waals surface area (Å²) in [6.07, 6.45) is -4.48. The lowest BCUT2D eigenvalue weighted by molar-refractivity contribution is -0.137. The van der Waals surface area contributed by atoms with Gasteiger partial charge in [-0.15, -0.1) is 0 Å². The largest absolute Gasteiger partial charge is 0.423 e. The summed E-state index contributed by atoms with van der Waals surface area (Å²) in [6, 6.07) is 2.55. The van der Waals surface area contributed by atoms with Gasteiger partial charge in [0.05, 0.1) is 10.6 Å². The van der Waals surface area contributed by atoms with E-state index in [0.29, 0.717) is 5.82 Å². The van der Waals surface area contributed by atoms with Gasteiger partial charge in [0.25, 0.3) is 0 Å². The van der Waals surface area contributed by atoms with Crippen LogP contribution in [0.4, 0.5) is 19.1 Å². The van der Waals surface area contributed by atoms with Crippen molar-refractivity contribution in [2.24, 2.45) is 0 Å². The predicted molar refractivity (Wildman–Crippen MR) is 65.5 cm³/mol. The van der Waals surface area contributed by atoms with Gasteiger partial charge in [0, 0.05) is 0 Å². The van der Waals surface area contributed by atoms with Crippen molar-refractivity contribution < 1.29 is 17.9 Å². The van der Waals surface area contributed by atoms with E-state index in [9.17, 15) is 13.2 Å². The number of hydrogen-bond donors (Lipinski definition) is 1. The molecule has 0 aliphatic carbocycles. The highest BCUT2D eigenvalue weighted by Gasteiger charge is 2.31. The first-order valence-corrected chi connectivity index (χ1v) is 5.66. The lowest BCUT2D eigenvalue weighted by Crippen LogP contribution is -2.05. The molecular formula is C11H8ClF3N4O. The number of nitrogens with zero attached hydrogens (tertiary/aromatic N) is 3. The molecule has 5 nitrogen and oxygen atoms in total. The van der Waals surface area contributed by atoms with E-state index in [4.69, 9.17) is 22.1 Å². The third-order valence-corrected chi connectivity index (χ3v) is 2.50. The molecule has 2 rings (SSSR count). The molecule has 0 amide bonds. The minimum absolute atomic E-state index is 0.00957. The molecule has 0 aliphatic heterocycles. The molecule has 2 aromatic rings. The van der Waals surface area contributed by atoms with E-state index in [0.717, 1.165) is 18.2 Å². The number of benzene rings is 1. The Labute approximate surface area is 116 Å². The molecule has 20 heavy (non-hydrogen) atoms. The van der Waals surface area contributed by atoms with Crippen LogP contribution >= 0.6 is 11.6 Å². The highest BCUT2D eigenvalue weighted by atomic mass is 35.5. The molecule has 0 fully saturated rings. The van der Waals surface area contributed by atoms with Crippen molar-refractivity contribution in [3.05, 3.63) is 34.6 Å². The molecule has 0 spiro atoms. The first-order chi connectivity index (χ1) is 9.25. The second-order valence-corrected chi connectivity index (χ2v) is 4.18. The molecule has 2 N–H and O–H groups in total. The molecule has 0 unspecified atom stereocenters. The first-order valence-electron chi connectivity index (χ1n) is 5.28. The average molecular weight is 305 g/mol. The van der Waals surface area contributed by atoms with Crippen LogP contribution < -0.4 is 10.5 Å². The van der Waals surface area contributed by atoms with E-state index in [-0.39, 0.29) is 22.7 Å². The van der Waals surface area contributed by atoms with Crippen LogP contribution in [0.15, 0.2) is 18.2 Å². The second-order valence-electron chi connectivity index (χ2n) is 3.77. The Morgan fingerprint density at radius 3 is 2.45 bits per heavy atom. The van der Waals surface area contributed by atoms with E-state index < -0.39 is 11.7 Å². The summed E-state index contributed by atoms with van der Waals surface area (Å²) in [6.45, 7) is 1.57. The third kappa shape index (κ3) is 3.27. The zero-order valence-electron chi connectivity index (χ0n) is 10.1. The number of rotatable bonds is 2. The number of alkyl halides is 3. The third-order valence-electron chi connectivity index (χ3n) is 2.20. The standard InChI is InChI=1S/C11H8ClF3N4O/c1-5-17-9(16)19-10(18-5)20-8-3-2-6(4-7(8)12)11(13,14)15/h2-4H,1H3,(H2,16,17,18,19). The molecular weight excluding hydrogens is 297 g/mol. The second kappa shape index (κ2) is 5.12. The van der Waals surface area contributed by atoms with Crippen LogP contribution in [0.1, 0.15) is 11.4 Å². The topological polar surface area (TPSA) is 73.9 Å². The molecule has 1 aromatic carbocycles. The molecule has 1 aromatic heterocycles. The Hall–Kier alpha value is -2.09. The monoisotopic (exact) mass is 304 g/mol. The summed E-state index contributed by atoms with van der Waals surface area (Å²) >= 11 is 5.74. The number of anilines is 1. The Morgan fingerprint density at radius 2 is 1.90 bits per heavy atom. The van der Waals surface area contributed by atoms with Gasteiger partial charge in [0.15, 0.2) is 0 Å². The molecule has 106 valence electrons. The van der Waals surface area contributed by atoms with Crippen molar-refractivity contribution in [2.45, 2.75) is 13.1 Å². The van der Waals surface area contributed by atoms with E-state index >= 15 is 0 Å². The lowest BCUT2D eigenvalue weighted by atomic mass is 10.2. The van der Waals surface area contributed by atoms with Gasteiger partial charge in [-0.3, -0.25) is 0 Å². The maximum absolute atomic E-state index is 12.5. The smallest absolute Gasteiger partial charge is 0.416 e. The number of nitrogen functional groups attached to an aromatic ring is 1. The number of nitrogens with two attached hydrogens (primary N) is 1. The Bertz CT molecular complexity index is 628. The van der Waals surface area contributed by atoms with Crippen molar-refractivity contribution in [1.82, 2.24) is 15.0 Å². The van der Waals surface area contributed by atoms with Crippen molar-refractivity contribution in [1.29, 1.82) is 0 Å². The van der Waals surface area contributed by atoms with Crippen LogP contribution in [0, 0.1) is 6.92 Å². The SMILES string of the molecule is Cc1nc(N)nc(Oc2ccc(C(F)(F)F)cc2Cl)n1. The normalized spacial score (nSPS) is 11.4. The Kier molecular flexibility index (Phi) is 3.67. The molecule has 1 heterocycles. The van der Waals surface area contributed by atoms with Gasteiger partial charge >= 0.3 is 12.2 Å². The number of hydrogen-bond acceptors (Lipinski definition) is 5. The molecule has 9 heteroatoms. The van der Waals surface area contributed by atoms with Crippen LogP contribution in [-0.4, -0.2) is 15.0 Å². The molecule has 0 saturated heterocycles. The van der Waals surface area contributed by atoms with Crippen LogP contribution in [0.25, 0.3) is 0 Å². The number of aryl methyl sites for hydroxylation is 1. The number of halogens is 4. The van der Waals surface area contributed by atoms with Crippen LogP contribution in [0.2, 0.25) is 5.02 Å². The summed E-state index contributed by atoms with van der Waals surface area (Å²) in [5.41, 5.74) is 4.53. The van der Waals surface area contributed by atoms with E-state index in [2.05, 4.69) is 15.0 Å². The van der Waals surface area contributed by atoms with Gasteiger partial charge in [-0.05, 0) is 25.1 Å². The average Bonchev–Trinajstić information content (AvgIpc) is 2.29. The van der Waals surface area contributed by atoms with Crippen molar-refractivity contribution >= 4 is 17.5 Å². The van der Waals surface area contributed by atoms with E-state index in [1.807, 2.05) is 0 Å². The summed E-state index contributed by atoms with van der Waals surface area (Å²) in [4.78, 5) is 11.3. The van der Waals surface area contributed by atoms with Crippen LogP contribution in [-0.2, 0) is 6.18 Å². The van der Waals surface area contributed by atoms with E-state index in [1.54, 1.807) is 6.92 Å². The van der Waals surface area contributed by atoms with E-state index in [1.165, 1.54) is 0 Å². The minimum Gasteiger partial charge on any atom is -0.423 e. The van der Waals surface area contributed by atoms with Gasteiger partial charge in [-0.1, -0.05) is 11.6 Å². The Morgan fingerprint density at radius 1 is 1.20 bits per heavy atom. The summed E-state index contributed by atoms with van der Waals surface area (Å²) in [5, 5.41) is -0.212. The number of aromatic nitrogens is 3. The molecule has 0 radical (unpaired) electrons.